The largest absolute Gasteiger partial charge is 0.437 e. The molecule has 1 unspecified atom stereocenters. The molecule has 2 aromatic heterocycles. The molecule has 4 rings (SSSR count). The zero-order valence-corrected chi connectivity index (χ0v) is 15.8. The van der Waals surface area contributed by atoms with Gasteiger partial charge in [0.25, 0.3) is 0 Å². The van der Waals surface area contributed by atoms with Crippen molar-refractivity contribution in [3.8, 4) is 10.8 Å². The minimum atomic E-state index is -3.87. The molecular formula is C20H16N2O3S2. The normalized spacial score (nSPS) is 12.8. The number of benzene rings is 2. The lowest BCUT2D eigenvalue weighted by Crippen LogP contribution is -2.15. The first-order valence-electron chi connectivity index (χ1n) is 8.22. The van der Waals surface area contributed by atoms with E-state index in [0.717, 1.165) is 10.4 Å². The molecule has 0 aliphatic heterocycles. The average Bonchev–Trinajstić information content (AvgIpc) is 3.39. The Morgan fingerprint density at radius 3 is 2.22 bits per heavy atom. The maximum absolute atomic E-state index is 13.2. The molecule has 0 bridgehead atoms. The van der Waals surface area contributed by atoms with Crippen LogP contribution in [0.25, 0.3) is 10.8 Å². The Kier molecular flexibility index (Phi) is 4.65. The predicted molar refractivity (Wildman–Crippen MR) is 104 cm³/mol. The summed E-state index contributed by atoms with van der Waals surface area (Å²) < 4.78 is 32.3. The van der Waals surface area contributed by atoms with Gasteiger partial charge in [0.05, 0.1) is 15.8 Å². The molecule has 0 saturated heterocycles. The fraction of sp³-hybridized carbons (Fsp3) is 0.0500. The van der Waals surface area contributed by atoms with Crippen molar-refractivity contribution < 1.29 is 12.8 Å². The number of thiophene rings is 1. The van der Waals surface area contributed by atoms with E-state index in [1.807, 2.05) is 47.8 Å². The molecule has 4 aromatic rings. The Balaban J connectivity index is 1.90. The molecule has 0 amide bonds. The number of oxazole rings is 1. The van der Waals surface area contributed by atoms with Crippen molar-refractivity contribution in [2.45, 2.75) is 16.0 Å². The van der Waals surface area contributed by atoms with Crippen molar-refractivity contribution >= 4 is 21.2 Å². The van der Waals surface area contributed by atoms with Crippen molar-refractivity contribution in [1.29, 1.82) is 0 Å². The van der Waals surface area contributed by atoms with Crippen LogP contribution in [0.2, 0.25) is 0 Å². The highest BCUT2D eigenvalue weighted by Gasteiger charge is 2.31. The summed E-state index contributed by atoms with van der Waals surface area (Å²) in [6.45, 7) is 0. The average molecular weight is 396 g/mol. The first-order valence-corrected chi connectivity index (χ1v) is 10.6. The van der Waals surface area contributed by atoms with Crippen molar-refractivity contribution in [2.75, 3.05) is 0 Å². The maximum atomic E-state index is 13.2. The molecule has 7 heteroatoms. The molecule has 136 valence electrons. The third-order valence-corrected chi connectivity index (χ3v) is 6.65. The zero-order chi connectivity index (χ0) is 18.9. The first kappa shape index (κ1) is 17.7. The molecule has 0 aliphatic carbocycles. The second-order valence-corrected chi connectivity index (χ2v) is 8.68. The summed E-state index contributed by atoms with van der Waals surface area (Å²) in [5, 5.41) is 1.73. The van der Waals surface area contributed by atoms with Gasteiger partial charge < -0.3 is 10.2 Å². The lowest BCUT2D eigenvalue weighted by Gasteiger charge is -2.11. The minimum absolute atomic E-state index is 0.133. The van der Waals surface area contributed by atoms with Gasteiger partial charge in [0.15, 0.2) is 5.76 Å². The lowest BCUT2D eigenvalue weighted by atomic mass is 10.1. The van der Waals surface area contributed by atoms with E-state index in [4.69, 9.17) is 10.2 Å². The molecule has 2 aromatic carbocycles. The van der Waals surface area contributed by atoms with Gasteiger partial charge in [-0.05, 0) is 29.1 Å². The zero-order valence-electron chi connectivity index (χ0n) is 14.1. The Hall–Kier alpha value is -2.74. The van der Waals surface area contributed by atoms with Gasteiger partial charge in [0.2, 0.25) is 20.8 Å². The van der Waals surface area contributed by atoms with Crippen LogP contribution in [0.15, 0.2) is 92.5 Å². The van der Waals surface area contributed by atoms with Crippen molar-refractivity contribution in [3.63, 3.8) is 0 Å². The molecular weight excluding hydrogens is 380 g/mol. The summed E-state index contributed by atoms with van der Waals surface area (Å²) in [4.78, 5) is 5.22. The number of nitrogens with zero attached hydrogens (tertiary/aromatic N) is 1. The van der Waals surface area contributed by atoms with Crippen LogP contribution < -0.4 is 5.73 Å². The fourth-order valence-electron chi connectivity index (χ4n) is 2.74. The Bertz CT molecular complexity index is 1140. The summed E-state index contributed by atoms with van der Waals surface area (Å²) in [6.07, 6.45) is 0. The Labute approximate surface area is 161 Å². The Morgan fingerprint density at radius 2 is 1.59 bits per heavy atom. The van der Waals surface area contributed by atoms with Gasteiger partial charge >= 0.3 is 0 Å². The van der Waals surface area contributed by atoms with E-state index in [2.05, 4.69) is 4.98 Å². The molecule has 0 saturated carbocycles. The third kappa shape index (κ3) is 3.32. The van der Waals surface area contributed by atoms with Crippen molar-refractivity contribution in [3.05, 3.63) is 89.5 Å². The van der Waals surface area contributed by atoms with Crippen LogP contribution >= 0.6 is 11.3 Å². The van der Waals surface area contributed by atoms with E-state index >= 15 is 0 Å². The molecule has 1 atom stereocenters. The van der Waals surface area contributed by atoms with Gasteiger partial charge in [0.1, 0.15) is 0 Å². The van der Waals surface area contributed by atoms with Gasteiger partial charge in [-0.25, -0.2) is 8.42 Å². The molecule has 5 nitrogen and oxygen atoms in total. The highest BCUT2D eigenvalue weighted by Crippen LogP contribution is 2.35. The molecule has 0 fully saturated rings. The van der Waals surface area contributed by atoms with E-state index in [1.165, 1.54) is 23.5 Å². The summed E-state index contributed by atoms with van der Waals surface area (Å²) in [5.41, 5.74) is 7.11. The van der Waals surface area contributed by atoms with Gasteiger partial charge in [-0.2, -0.15) is 4.98 Å². The van der Waals surface area contributed by atoms with E-state index in [0.29, 0.717) is 0 Å². The predicted octanol–water partition coefficient (Wildman–Crippen LogP) is 4.28. The summed E-state index contributed by atoms with van der Waals surface area (Å²) in [5.74, 6) is 0.384. The molecule has 0 radical (unpaired) electrons. The molecule has 2 N–H and O–H groups in total. The summed E-state index contributed by atoms with van der Waals surface area (Å²) >= 11 is 1.42. The Morgan fingerprint density at radius 1 is 0.926 bits per heavy atom. The van der Waals surface area contributed by atoms with Crippen LogP contribution in [0.5, 0.6) is 0 Å². The second-order valence-electron chi connectivity index (χ2n) is 5.87. The van der Waals surface area contributed by atoms with E-state index in [-0.39, 0.29) is 21.6 Å². The number of rotatable bonds is 5. The highest BCUT2D eigenvalue weighted by molar-refractivity contribution is 7.91. The van der Waals surface area contributed by atoms with E-state index in [1.54, 1.807) is 18.2 Å². The second kappa shape index (κ2) is 7.11. The van der Waals surface area contributed by atoms with Gasteiger partial charge in [-0.1, -0.05) is 54.6 Å². The number of hydrogen-bond acceptors (Lipinski definition) is 6. The summed E-state index contributed by atoms with van der Waals surface area (Å²) in [7, 11) is -3.87. The van der Waals surface area contributed by atoms with Crippen LogP contribution in [-0.4, -0.2) is 13.4 Å². The molecule has 27 heavy (non-hydrogen) atoms. The topological polar surface area (TPSA) is 86.2 Å². The monoisotopic (exact) mass is 396 g/mol. The fourth-order valence-corrected chi connectivity index (χ4v) is 4.76. The third-order valence-electron chi connectivity index (χ3n) is 4.10. The molecule has 2 heterocycles. The van der Waals surface area contributed by atoms with Crippen LogP contribution in [0.3, 0.4) is 0 Å². The SMILES string of the molecule is NC(c1ccccc1)c1oc(-c2cccs2)nc1S(=O)(=O)c1ccccc1. The highest BCUT2D eigenvalue weighted by atomic mass is 32.2. The maximum Gasteiger partial charge on any atom is 0.237 e. The van der Waals surface area contributed by atoms with E-state index in [9.17, 15) is 8.42 Å². The molecule has 0 aliphatic rings. The van der Waals surface area contributed by atoms with E-state index < -0.39 is 15.9 Å². The number of hydrogen-bond donors (Lipinski definition) is 1. The lowest BCUT2D eigenvalue weighted by molar-refractivity contribution is 0.488. The number of nitrogens with two attached hydrogens (primary N) is 1. The van der Waals surface area contributed by atoms with Crippen LogP contribution in [0.4, 0.5) is 0 Å². The van der Waals surface area contributed by atoms with Crippen LogP contribution in [0.1, 0.15) is 17.4 Å². The first-order chi connectivity index (χ1) is 13.1. The number of sulfone groups is 1. The standard InChI is InChI=1S/C20H16N2O3S2/c21-17(14-8-3-1-4-9-14)18-20(22-19(25-18)16-12-7-13-26-16)27(23,24)15-10-5-2-6-11-15/h1-13,17H,21H2. The molecule has 0 spiro atoms. The quantitative estimate of drug-likeness (QED) is 0.544. The van der Waals surface area contributed by atoms with Gasteiger partial charge in [-0.3, -0.25) is 0 Å². The van der Waals surface area contributed by atoms with Crippen molar-refractivity contribution in [1.82, 2.24) is 4.98 Å². The smallest absolute Gasteiger partial charge is 0.237 e. The van der Waals surface area contributed by atoms with Crippen LogP contribution in [0, 0.1) is 0 Å². The van der Waals surface area contributed by atoms with Gasteiger partial charge in [0, 0.05) is 0 Å². The number of aromatic nitrogens is 1. The van der Waals surface area contributed by atoms with Gasteiger partial charge in [-0.15, -0.1) is 11.3 Å². The van der Waals surface area contributed by atoms with Crippen molar-refractivity contribution in [2.24, 2.45) is 5.73 Å². The minimum Gasteiger partial charge on any atom is -0.437 e. The summed E-state index contributed by atoms with van der Waals surface area (Å²) in [6, 6.07) is 20.3. The van der Waals surface area contributed by atoms with Crippen LogP contribution in [-0.2, 0) is 9.84 Å².